The minimum atomic E-state index is -0.301. The van der Waals surface area contributed by atoms with Crippen molar-refractivity contribution in [3.8, 4) is 0 Å². The van der Waals surface area contributed by atoms with Crippen LogP contribution in [-0.2, 0) is 6.54 Å². The van der Waals surface area contributed by atoms with Gasteiger partial charge in [0.15, 0.2) is 0 Å². The lowest BCUT2D eigenvalue weighted by Crippen LogP contribution is -2.26. The van der Waals surface area contributed by atoms with Crippen molar-refractivity contribution in [2.45, 2.75) is 6.54 Å². The van der Waals surface area contributed by atoms with Crippen LogP contribution < -0.4 is 10.6 Å². The molecule has 0 fully saturated rings. The third kappa shape index (κ3) is 4.93. The Labute approximate surface area is 139 Å². The molecule has 0 radical (unpaired) electrons. The number of rotatable bonds is 6. The van der Waals surface area contributed by atoms with E-state index in [1.165, 1.54) is 18.5 Å². The second-order valence-electron chi connectivity index (χ2n) is 4.77. The summed E-state index contributed by atoms with van der Waals surface area (Å²) in [6, 6.07) is 8.69. The molecular weight excluding hydrogens is 314 g/mol. The van der Waals surface area contributed by atoms with Gasteiger partial charge in [-0.2, -0.15) is 0 Å². The molecule has 0 saturated heterocycles. The van der Waals surface area contributed by atoms with Crippen LogP contribution in [0.2, 0.25) is 5.02 Å². The Hall–Kier alpha value is -2.66. The molecule has 0 saturated carbocycles. The van der Waals surface area contributed by atoms with Crippen LogP contribution in [0.3, 0.4) is 0 Å². The fourth-order valence-corrected chi connectivity index (χ4v) is 1.97. The second kappa shape index (κ2) is 8.10. The molecule has 0 aliphatic carbocycles. The molecule has 0 spiro atoms. The summed E-state index contributed by atoms with van der Waals surface area (Å²) in [6.07, 6.45) is 4.41. The van der Waals surface area contributed by atoms with Crippen molar-refractivity contribution in [2.24, 2.45) is 0 Å². The zero-order valence-corrected chi connectivity index (χ0v) is 13.1. The number of pyridine rings is 1. The van der Waals surface area contributed by atoms with Gasteiger partial charge in [0.05, 0.1) is 11.1 Å². The smallest absolute Gasteiger partial charge is 0.253 e. The summed E-state index contributed by atoms with van der Waals surface area (Å²) >= 11 is 5.81. The first kappa shape index (κ1) is 16.7. The van der Waals surface area contributed by atoms with Gasteiger partial charge in [-0.3, -0.25) is 14.6 Å². The van der Waals surface area contributed by atoms with E-state index >= 15 is 0 Å². The van der Waals surface area contributed by atoms with Gasteiger partial charge in [-0.1, -0.05) is 29.8 Å². The summed E-state index contributed by atoms with van der Waals surface area (Å²) in [5, 5.41) is 6.05. The van der Waals surface area contributed by atoms with Crippen molar-refractivity contribution in [1.82, 2.24) is 15.6 Å². The first-order valence-electron chi connectivity index (χ1n) is 6.97. The van der Waals surface area contributed by atoms with Gasteiger partial charge in [0, 0.05) is 30.5 Å². The molecule has 0 bridgehead atoms. The normalized spacial score (nSPS) is 9.96. The lowest BCUT2D eigenvalue weighted by atomic mass is 10.1. The number of carbonyl (C=O) groups is 2. The highest BCUT2D eigenvalue weighted by Crippen LogP contribution is 2.09. The lowest BCUT2D eigenvalue weighted by Gasteiger charge is -2.07. The fraction of sp³-hybridized carbons (Fsp3) is 0.118. The Balaban J connectivity index is 2.00. The number of benzene rings is 1. The molecule has 0 aliphatic rings. The molecule has 1 aromatic carbocycles. The zero-order valence-electron chi connectivity index (χ0n) is 12.4. The molecule has 1 aromatic heterocycles. The summed E-state index contributed by atoms with van der Waals surface area (Å²) < 4.78 is 0. The molecule has 6 heteroatoms. The third-order valence-electron chi connectivity index (χ3n) is 3.04. The van der Waals surface area contributed by atoms with Crippen LogP contribution in [0.1, 0.15) is 26.3 Å². The third-order valence-corrected chi connectivity index (χ3v) is 3.29. The van der Waals surface area contributed by atoms with Crippen LogP contribution in [0.15, 0.2) is 55.4 Å². The van der Waals surface area contributed by atoms with E-state index in [0.29, 0.717) is 29.2 Å². The number of nitrogens with zero attached hydrogens (tertiary/aromatic N) is 1. The van der Waals surface area contributed by atoms with Crippen molar-refractivity contribution in [3.63, 3.8) is 0 Å². The van der Waals surface area contributed by atoms with Crippen LogP contribution in [0.5, 0.6) is 0 Å². The van der Waals surface area contributed by atoms with Crippen LogP contribution in [-0.4, -0.2) is 23.3 Å². The molecule has 0 unspecified atom stereocenters. The van der Waals surface area contributed by atoms with Crippen molar-refractivity contribution in [1.29, 1.82) is 0 Å². The first-order valence-corrected chi connectivity index (χ1v) is 7.34. The van der Waals surface area contributed by atoms with Gasteiger partial charge in [0.2, 0.25) is 0 Å². The summed E-state index contributed by atoms with van der Waals surface area (Å²) in [5.41, 5.74) is 1.58. The number of halogens is 1. The number of amides is 2. The highest BCUT2D eigenvalue weighted by molar-refractivity contribution is 6.30. The Morgan fingerprint density at radius 2 is 1.70 bits per heavy atom. The summed E-state index contributed by atoms with van der Waals surface area (Å²) in [4.78, 5) is 27.9. The maximum Gasteiger partial charge on any atom is 0.253 e. The van der Waals surface area contributed by atoms with Gasteiger partial charge in [-0.25, -0.2) is 0 Å². The first-order chi connectivity index (χ1) is 11.1. The van der Waals surface area contributed by atoms with Gasteiger partial charge in [0.1, 0.15) is 0 Å². The highest BCUT2D eigenvalue weighted by Gasteiger charge is 2.10. The molecular formula is C17H16ClN3O2. The highest BCUT2D eigenvalue weighted by atomic mass is 35.5. The quantitative estimate of drug-likeness (QED) is 0.800. The summed E-state index contributed by atoms with van der Waals surface area (Å²) in [6.45, 7) is 4.24. The van der Waals surface area contributed by atoms with E-state index in [0.717, 1.165) is 5.56 Å². The molecule has 23 heavy (non-hydrogen) atoms. The number of hydrogen-bond donors (Lipinski definition) is 2. The molecule has 2 N–H and O–H groups in total. The van der Waals surface area contributed by atoms with Crippen LogP contribution in [0, 0.1) is 0 Å². The van der Waals surface area contributed by atoms with E-state index in [1.54, 1.807) is 18.2 Å². The molecule has 2 amide bonds. The van der Waals surface area contributed by atoms with E-state index in [9.17, 15) is 9.59 Å². The topological polar surface area (TPSA) is 71.1 Å². The predicted octanol–water partition coefficient (Wildman–Crippen LogP) is 2.58. The van der Waals surface area contributed by atoms with Gasteiger partial charge >= 0.3 is 0 Å². The Kier molecular flexibility index (Phi) is 5.88. The van der Waals surface area contributed by atoms with Gasteiger partial charge in [-0.05, 0) is 23.8 Å². The molecule has 0 atom stereocenters. The van der Waals surface area contributed by atoms with Gasteiger partial charge in [-0.15, -0.1) is 6.58 Å². The summed E-state index contributed by atoms with van der Waals surface area (Å²) in [5.74, 6) is -0.601. The monoisotopic (exact) mass is 329 g/mol. The van der Waals surface area contributed by atoms with E-state index in [1.807, 2.05) is 12.1 Å². The van der Waals surface area contributed by atoms with Crippen molar-refractivity contribution < 1.29 is 9.59 Å². The van der Waals surface area contributed by atoms with Crippen LogP contribution in [0.25, 0.3) is 0 Å². The molecule has 2 aromatic rings. The number of nitrogens with one attached hydrogen (secondary N) is 2. The molecule has 1 heterocycles. The van der Waals surface area contributed by atoms with Crippen LogP contribution in [0.4, 0.5) is 0 Å². The average molecular weight is 330 g/mol. The molecule has 118 valence electrons. The second-order valence-corrected chi connectivity index (χ2v) is 5.21. The van der Waals surface area contributed by atoms with E-state index in [2.05, 4.69) is 22.2 Å². The van der Waals surface area contributed by atoms with E-state index < -0.39 is 0 Å². The van der Waals surface area contributed by atoms with Gasteiger partial charge < -0.3 is 10.6 Å². The maximum absolute atomic E-state index is 12.1. The zero-order chi connectivity index (χ0) is 16.7. The predicted molar refractivity (Wildman–Crippen MR) is 89.4 cm³/mol. The average Bonchev–Trinajstić information content (AvgIpc) is 2.59. The molecule has 2 rings (SSSR count). The van der Waals surface area contributed by atoms with Crippen molar-refractivity contribution in [2.75, 3.05) is 6.54 Å². The Bertz CT molecular complexity index is 714. The number of carbonyl (C=O) groups excluding carboxylic acids is 2. The SMILES string of the molecule is C=CCNC(=O)c1cncc(C(=O)NCc2ccc(Cl)cc2)c1. The van der Waals surface area contributed by atoms with E-state index in [4.69, 9.17) is 11.6 Å². The van der Waals surface area contributed by atoms with Gasteiger partial charge in [0.25, 0.3) is 11.8 Å². The fourth-order valence-electron chi connectivity index (χ4n) is 1.84. The van der Waals surface area contributed by atoms with Crippen molar-refractivity contribution >= 4 is 23.4 Å². The standard InChI is InChI=1S/C17H16ClN3O2/c1-2-7-20-16(22)13-8-14(11-19-10-13)17(23)21-9-12-3-5-15(18)6-4-12/h2-6,8,10-11H,1,7,9H2,(H,20,22)(H,21,23). The van der Waals surface area contributed by atoms with Crippen LogP contribution >= 0.6 is 11.6 Å². The minimum absolute atomic E-state index is 0.300. The molecule has 0 aliphatic heterocycles. The Morgan fingerprint density at radius 3 is 2.30 bits per heavy atom. The summed E-state index contributed by atoms with van der Waals surface area (Å²) in [7, 11) is 0. The Morgan fingerprint density at radius 1 is 1.09 bits per heavy atom. The minimum Gasteiger partial charge on any atom is -0.349 e. The largest absolute Gasteiger partial charge is 0.349 e. The maximum atomic E-state index is 12.1. The lowest BCUT2D eigenvalue weighted by molar-refractivity contribution is 0.0950. The number of hydrogen-bond acceptors (Lipinski definition) is 3. The molecule has 5 nitrogen and oxygen atoms in total. The van der Waals surface area contributed by atoms with E-state index in [-0.39, 0.29) is 11.8 Å². The number of aromatic nitrogens is 1. The van der Waals surface area contributed by atoms with Crippen molar-refractivity contribution in [3.05, 3.63) is 77.1 Å².